The number of aliphatic carboxylic acids is 1. The van der Waals surface area contributed by atoms with E-state index in [0.717, 1.165) is 11.6 Å². The Morgan fingerprint density at radius 3 is 2.72 bits per heavy atom. The van der Waals surface area contributed by atoms with Crippen molar-refractivity contribution >= 4 is 23.3 Å². The second-order valence-corrected chi connectivity index (χ2v) is 4.03. The third kappa shape index (κ3) is 2.15. The van der Waals surface area contributed by atoms with Gasteiger partial charge in [0.25, 0.3) is 0 Å². The molecule has 1 aliphatic carbocycles. The van der Waals surface area contributed by atoms with Gasteiger partial charge in [-0.3, -0.25) is 9.59 Å². The van der Waals surface area contributed by atoms with Gasteiger partial charge in [0, 0.05) is 30.6 Å². The maximum atomic E-state index is 12.1. The van der Waals surface area contributed by atoms with Crippen LogP contribution in [0.25, 0.3) is 0 Å². The molecule has 0 atom stereocenters. The summed E-state index contributed by atoms with van der Waals surface area (Å²) in [6.45, 7) is 1.35. The molecule has 0 saturated heterocycles. The Labute approximate surface area is 103 Å². The summed E-state index contributed by atoms with van der Waals surface area (Å²) < 4.78 is 0. The van der Waals surface area contributed by atoms with Gasteiger partial charge >= 0.3 is 5.97 Å². The highest BCUT2D eigenvalue weighted by Crippen LogP contribution is 2.31. The van der Waals surface area contributed by atoms with E-state index in [9.17, 15) is 14.4 Å². The molecule has 2 rings (SSSR count). The standard InChI is InChI=1S/C13H11NO4/c1-7(15)14-10-4-2-3-8-5-9(6-11(16)17)13(18)12(8)10/h2-4,6H,5H2,1H3,(H,14,15)(H,16,17)/b9-6+. The van der Waals surface area contributed by atoms with Crippen LogP contribution in [0.4, 0.5) is 5.69 Å². The monoisotopic (exact) mass is 245 g/mol. The van der Waals surface area contributed by atoms with Crippen molar-refractivity contribution < 1.29 is 19.5 Å². The zero-order valence-corrected chi connectivity index (χ0v) is 9.69. The van der Waals surface area contributed by atoms with Crippen molar-refractivity contribution in [2.45, 2.75) is 13.3 Å². The maximum absolute atomic E-state index is 12.1. The van der Waals surface area contributed by atoms with E-state index < -0.39 is 5.97 Å². The van der Waals surface area contributed by atoms with Crippen molar-refractivity contribution in [3.8, 4) is 0 Å². The molecule has 5 nitrogen and oxygen atoms in total. The highest BCUT2D eigenvalue weighted by atomic mass is 16.4. The normalized spacial score (nSPS) is 15.6. The molecule has 0 radical (unpaired) electrons. The van der Waals surface area contributed by atoms with Crippen molar-refractivity contribution in [2.24, 2.45) is 0 Å². The smallest absolute Gasteiger partial charge is 0.328 e. The first kappa shape index (κ1) is 12.0. The first-order chi connectivity index (χ1) is 8.49. The number of hydrogen-bond acceptors (Lipinski definition) is 3. The van der Waals surface area contributed by atoms with Gasteiger partial charge in [-0.15, -0.1) is 0 Å². The summed E-state index contributed by atoms with van der Waals surface area (Å²) in [5.41, 5.74) is 1.79. The van der Waals surface area contributed by atoms with Gasteiger partial charge in [0.2, 0.25) is 5.91 Å². The molecule has 1 aliphatic rings. The van der Waals surface area contributed by atoms with Crippen molar-refractivity contribution in [3.05, 3.63) is 41.0 Å². The topological polar surface area (TPSA) is 83.5 Å². The number of Topliss-reactive ketones (excluding diaryl/α,β-unsaturated/α-hetero) is 1. The number of fused-ring (bicyclic) bond motifs is 1. The SMILES string of the molecule is CC(=O)Nc1cccc2c1C(=O)/C(=C/C(=O)O)C2. The van der Waals surface area contributed by atoms with Crippen LogP contribution in [0.5, 0.6) is 0 Å². The second-order valence-electron chi connectivity index (χ2n) is 4.03. The fourth-order valence-electron chi connectivity index (χ4n) is 2.02. The minimum Gasteiger partial charge on any atom is -0.478 e. The lowest BCUT2D eigenvalue weighted by Gasteiger charge is -2.06. The third-order valence-electron chi connectivity index (χ3n) is 2.66. The molecular formula is C13H11NO4. The van der Waals surface area contributed by atoms with Gasteiger partial charge < -0.3 is 10.4 Å². The molecule has 2 N–H and O–H groups in total. The van der Waals surface area contributed by atoms with Gasteiger partial charge in [0.1, 0.15) is 0 Å². The molecule has 5 heteroatoms. The predicted molar refractivity (Wildman–Crippen MR) is 64.5 cm³/mol. The number of benzene rings is 1. The lowest BCUT2D eigenvalue weighted by atomic mass is 10.1. The summed E-state index contributed by atoms with van der Waals surface area (Å²) in [5, 5.41) is 11.3. The number of rotatable bonds is 2. The molecule has 92 valence electrons. The fraction of sp³-hybridized carbons (Fsp3) is 0.154. The summed E-state index contributed by atoms with van der Waals surface area (Å²) in [7, 11) is 0. The third-order valence-corrected chi connectivity index (χ3v) is 2.66. The number of ketones is 1. The van der Waals surface area contributed by atoms with Crippen LogP contribution < -0.4 is 5.32 Å². The van der Waals surface area contributed by atoms with Crippen LogP contribution in [0.2, 0.25) is 0 Å². The number of hydrogen-bond donors (Lipinski definition) is 2. The molecule has 0 unspecified atom stereocenters. The first-order valence-electron chi connectivity index (χ1n) is 5.36. The maximum Gasteiger partial charge on any atom is 0.328 e. The van der Waals surface area contributed by atoms with E-state index in [1.165, 1.54) is 6.92 Å². The Kier molecular flexibility index (Phi) is 2.97. The van der Waals surface area contributed by atoms with Gasteiger partial charge in [-0.25, -0.2) is 4.79 Å². The summed E-state index contributed by atoms with van der Waals surface area (Å²) in [6, 6.07) is 5.10. The van der Waals surface area contributed by atoms with Gasteiger partial charge in [-0.1, -0.05) is 12.1 Å². The molecule has 1 aromatic carbocycles. The molecule has 1 amide bonds. The average molecular weight is 245 g/mol. The number of amides is 1. The Morgan fingerprint density at radius 2 is 2.11 bits per heavy atom. The highest BCUT2D eigenvalue weighted by Gasteiger charge is 2.28. The van der Waals surface area contributed by atoms with E-state index in [2.05, 4.69) is 5.32 Å². The Morgan fingerprint density at radius 1 is 1.39 bits per heavy atom. The highest BCUT2D eigenvalue weighted by molar-refractivity contribution is 6.19. The lowest BCUT2D eigenvalue weighted by Crippen LogP contribution is -2.10. The average Bonchev–Trinajstić information content (AvgIpc) is 2.55. The van der Waals surface area contributed by atoms with Crippen LogP contribution in [0.3, 0.4) is 0 Å². The van der Waals surface area contributed by atoms with E-state index in [1.54, 1.807) is 18.2 Å². The van der Waals surface area contributed by atoms with Gasteiger partial charge in [-0.2, -0.15) is 0 Å². The molecular weight excluding hydrogens is 234 g/mol. The van der Waals surface area contributed by atoms with Gasteiger partial charge in [0.05, 0.1) is 5.69 Å². The van der Waals surface area contributed by atoms with Gasteiger partial charge in [-0.05, 0) is 11.6 Å². The van der Waals surface area contributed by atoms with Crippen molar-refractivity contribution in [2.75, 3.05) is 5.32 Å². The molecule has 0 spiro atoms. The van der Waals surface area contributed by atoms with Crippen LogP contribution in [0.1, 0.15) is 22.8 Å². The summed E-state index contributed by atoms with van der Waals surface area (Å²) in [4.78, 5) is 33.7. The molecule has 0 fully saturated rings. The Balaban J connectivity index is 2.46. The molecule has 0 aromatic heterocycles. The van der Waals surface area contributed by atoms with Crippen LogP contribution in [0, 0.1) is 0 Å². The molecule has 0 bridgehead atoms. The van der Waals surface area contributed by atoms with Crippen molar-refractivity contribution in [1.82, 2.24) is 0 Å². The Bertz CT molecular complexity index is 587. The summed E-state index contributed by atoms with van der Waals surface area (Å²) in [5.74, 6) is -1.75. The minimum atomic E-state index is -1.15. The quantitative estimate of drug-likeness (QED) is 0.771. The largest absolute Gasteiger partial charge is 0.478 e. The van der Waals surface area contributed by atoms with Crippen LogP contribution in [-0.2, 0) is 16.0 Å². The lowest BCUT2D eigenvalue weighted by molar-refractivity contribution is -0.131. The zero-order chi connectivity index (χ0) is 13.3. The molecule has 18 heavy (non-hydrogen) atoms. The number of anilines is 1. The van der Waals surface area contributed by atoms with Crippen LogP contribution in [-0.4, -0.2) is 22.8 Å². The van der Waals surface area contributed by atoms with E-state index in [0.29, 0.717) is 11.3 Å². The van der Waals surface area contributed by atoms with Crippen molar-refractivity contribution in [3.63, 3.8) is 0 Å². The summed E-state index contributed by atoms with van der Waals surface area (Å²) >= 11 is 0. The Hall–Kier alpha value is -2.43. The molecule has 0 heterocycles. The number of carbonyl (C=O) groups excluding carboxylic acids is 2. The number of carboxylic acid groups (broad SMARTS) is 1. The van der Waals surface area contributed by atoms with Crippen LogP contribution in [0.15, 0.2) is 29.8 Å². The van der Waals surface area contributed by atoms with Crippen LogP contribution >= 0.6 is 0 Å². The minimum absolute atomic E-state index is 0.232. The summed E-state index contributed by atoms with van der Waals surface area (Å²) in [6.07, 6.45) is 1.20. The first-order valence-corrected chi connectivity index (χ1v) is 5.36. The number of allylic oxidation sites excluding steroid dienone is 1. The fourth-order valence-corrected chi connectivity index (χ4v) is 2.02. The van der Waals surface area contributed by atoms with E-state index >= 15 is 0 Å². The molecule has 0 aliphatic heterocycles. The number of nitrogens with one attached hydrogen (secondary N) is 1. The van der Waals surface area contributed by atoms with Crippen molar-refractivity contribution in [1.29, 1.82) is 0 Å². The second kappa shape index (κ2) is 4.44. The molecule has 0 saturated carbocycles. The zero-order valence-electron chi connectivity index (χ0n) is 9.69. The number of carboxylic acids is 1. The number of carbonyl (C=O) groups is 3. The van der Waals surface area contributed by atoms with E-state index in [4.69, 9.17) is 5.11 Å². The molecule has 1 aromatic rings. The van der Waals surface area contributed by atoms with Gasteiger partial charge in [0.15, 0.2) is 5.78 Å². The van der Waals surface area contributed by atoms with E-state index in [1.807, 2.05) is 0 Å². The van der Waals surface area contributed by atoms with E-state index in [-0.39, 0.29) is 23.7 Å². The predicted octanol–water partition coefficient (Wildman–Crippen LogP) is 1.39.